The van der Waals surface area contributed by atoms with Crippen LogP contribution in [-0.4, -0.2) is 11.8 Å². The average molecular weight is 363 g/mol. The van der Waals surface area contributed by atoms with Crippen LogP contribution in [0, 0.1) is 11.8 Å². The molecule has 24 heavy (non-hydrogen) atoms. The molecule has 2 amide bonds. The maximum atomic E-state index is 12.2. The van der Waals surface area contributed by atoms with Crippen LogP contribution in [0.4, 0.5) is 5.69 Å². The third-order valence-corrected chi connectivity index (χ3v) is 4.34. The van der Waals surface area contributed by atoms with Gasteiger partial charge in [-0.25, -0.2) is 0 Å². The molecule has 2 aromatic rings. The molecule has 4 nitrogen and oxygen atoms in total. The van der Waals surface area contributed by atoms with Crippen LogP contribution in [-0.2, 0) is 16.1 Å². The Bertz CT molecular complexity index is 745. The summed E-state index contributed by atoms with van der Waals surface area (Å²) in [7, 11) is 0. The number of nitrogens with one attached hydrogen (secondary N) is 2. The van der Waals surface area contributed by atoms with Crippen LogP contribution in [0.25, 0.3) is 0 Å². The molecule has 1 fully saturated rings. The SMILES string of the molecule is O=C(NCc1ccccc1)C1CC1C(=O)Nc1cc(Cl)cc(Cl)c1. The van der Waals surface area contributed by atoms with Crippen LogP contribution >= 0.6 is 23.2 Å². The first-order valence-corrected chi connectivity index (χ1v) is 8.37. The highest BCUT2D eigenvalue weighted by Crippen LogP contribution is 2.39. The first-order chi connectivity index (χ1) is 11.5. The van der Waals surface area contributed by atoms with E-state index in [9.17, 15) is 9.59 Å². The van der Waals surface area contributed by atoms with Gasteiger partial charge in [-0.1, -0.05) is 53.5 Å². The molecular formula is C18H16Cl2N2O2. The molecule has 0 spiro atoms. The standard InChI is InChI=1S/C18H16Cl2N2O2/c19-12-6-13(20)8-14(7-12)22-18(24)16-9-15(16)17(23)21-10-11-4-2-1-3-5-11/h1-8,15-16H,9-10H2,(H,21,23)(H,22,24). The van der Waals surface area contributed by atoms with Crippen molar-refractivity contribution < 1.29 is 9.59 Å². The second-order valence-corrected chi connectivity index (χ2v) is 6.67. The number of rotatable bonds is 5. The van der Waals surface area contributed by atoms with E-state index in [1.165, 1.54) is 0 Å². The van der Waals surface area contributed by atoms with Gasteiger partial charge in [0.1, 0.15) is 0 Å². The van der Waals surface area contributed by atoms with Crippen molar-refractivity contribution in [3.8, 4) is 0 Å². The van der Waals surface area contributed by atoms with Gasteiger partial charge >= 0.3 is 0 Å². The first-order valence-electron chi connectivity index (χ1n) is 7.61. The van der Waals surface area contributed by atoms with Crippen molar-refractivity contribution in [2.45, 2.75) is 13.0 Å². The Balaban J connectivity index is 1.50. The highest BCUT2D eigenvalue weighted by molar-refractivity contribution is 6.35. The largest absolute Gasteiger partial charge is 0.352 e. The Labute approximate surface area is 150 Å². The van der Waals surface area contributed by atoms with E-state index in [1.54, 1.807) is 18.2 Å². The number of anilines is 1. The van der Waals surface area contributed by atoms with Crippen molar-refractivity contribution in [1.82, 2.24) is 5.32 Å². The molecule has 0 heterocycles. The van der Waals surface area contributed by atoms with E-state index in [-0.39, 0.29) is 23.7 Å². The molecule has 0 radical (unpaired) electrons. The summed E-state index contributed by atoms with van der Waals surface area (Å²) >= 11 is 11.8. The molecule has 2 atom stereocenters. The Morgan fingerprint density at radius 3 is 2.25 bits per heavy atom. The second kappa shape index (κ2) is 7.24. The third-order valence-electron chi connectivity index (χ3n) is 3.90. The minimum atomic E-state index is -0.307. The lowest BCUT2D eigenvalue weighted by molar-refractivity contribution is -0.125. The summed E-state index contributed by atoms with van der Waals surface area (Å²) in [5.74, 6) is -0.863. The highest BCUT2D eigenvalue weighted by Gasteiger charge is 2.47. The quantitative estimate of drug-likeness (QED) is 0.847. The predicted octanol–water partition coefficient (Wildman–Crippen LogP) is 3.88. The Kier molecular flexibility index (Phi) is 5.07. The van der Waals surface area contributed by atoms with Crippen molar-refractivity contribution in [2.24, 2.45) is 11.8 Å². The van der Waals surface area contributed by atoms with Gasteiger partial charge in [-0.2, -0.15) is 0 Å². The smallest absolute Gasteiger partial charge is 0.228 e. The van der Waals surface area contributed by atoms with Crippen molar-refractivity contribution in [3.05, 3.63) is 64.1 Å². The summed E-state index contributed by atoms with van der Waals surface area (Å²) in [6, 6.07) is 14.5. The number of carbonyl (C=O) groups excluding carboxylic acids is 2. The highest BCUT2D eigenvalue weighted by atomic mass is 35.5. The van der Waals surface area contributed by atoms with Crippen molar-refractivity contribution in [3.63, 3.8) is 0 Å². The topological polar surface area (TPSA) is 58.2 Å². The van der Waals surface area contributed by atoms with E-state index in [4.69, 9.17) is 23.2 Å². The van der Waals surface area contributed by atoms with Gasteiger partial charge in [0.05, 0.1) is 11.8 Å². The molecule has 2 aromatic carbocycles. The first kappa shape index (κ1) is 16.8. The predicted molar refractivity (Wildman–Crippen MR) is 95.0 cm³/mol. The average Bonchev–Trinajstić information content (AvgIpc) is 3.33. The lowest BCUT2D eigenvalue weighted by atomic mass is 10.2. The van der Waals surface area contributed by atoms with Crippen LogP contribution in [0.3, 0.4) is 0 Å². The minimum absolute atomic E-state index is 0.0943. The molecule has 3 rings (SSSR count). The van der Waals surface area contributed by atoms with Gasteiger partial charge in [0.2, 0.25) is 11.8 Å². The van der Waals surface area contributed by atoms with Crippen LogP contribution in [0.2, 0.25) is 10.0 Å². The summed E-state index contributed by atoms with van der Waals surface area (Å²) in [5.41, 5.74) is 1.56. The van der Waals surface area contributed by atoms with E-state index < -0.39 is 0 Å². The van der Waals surface area contributed by atoms with E-state index in [0.29, 0.717) is 28.7 Å². The van der Waals surface area contributed by atoms with Crippen LogP contribution in [0.5, 0.6) is 0 Å². The molecule has 1 aliphatic carbocycles. The number of hydrogen-bond acceptors (Lipinski definition) is 2. The van der Waals surface area contributed by atoms with Gasteiger partial charge in [0.25, 0.3) is 0 Å². The molecule has 0 aromatic heterocycles. The van der Waals surface area contributed by atoms with E-state index in [1.807, 2.05) is 30.3 Å². The monoisotopic (exact) mass is 362 g/mol. The molecule has 6 heteroatoms. The maximum Gasteiger partial charge on any atom is 0.228 e. The molecule has 1 aliphatic rings. The Hall–Kier alpha value is -2.04. The number of halogens is 2. The van der Waals surface area contributed by atoms with Crippen molar-refractivity contribution in [1.29, 1.82) is 0 Å². The fraction of sp³-hybridized carbons (Fsp3) is 0.222. The van der Waals surface area contributed by atoms with Gasteiger partial charge in [-0.3, -0.25) is 9.59 Å². The summed E-state index contributed by atoms with van der Waals surface area (Å²) in [6.07, 6.45) is 0.556. The van der Waals surface area contributed by atoms with Gasteiger partial charge in [0.15, 0.2) is 0 Å². The van der Waals surface area contributed by atoms with E-state index in [2.05, 4.69) is 10.6 Å². The second-order valence-electron chi connectivity index (χ2n) is 5.80. The minimum Gasteiger partial charge on any atom is -0.352 e. The molecule has 0 aliphatic heterocycles. The third kappa shape index (κ3) is 4.28. The van der Waals surface area contributed by atoms with E-state index >= 15 is 0 Å². The zero-order chi connectivity index (χ0) is 17.1. The van der Waals surface area contributed by atoms with Crippen LogP contribution in [0.1, 0.15) is 12.0 Å². The molecule has 1 saturated carbocycles. The van der Waals surface area contributed by atoms with Crippen LogP contribution < -0.4 is 10.6 Å². The zero-order valence-electron chi connectivity index (χ0n) is 12.8. The zero-order valence-corrected chi connectivity index (χ0v) is 14.3. The van der Waals surface area contributed by atoms with E-state index in [0.717, 1.165) is 5.56 Å². The summed E-state index contributed by atoms with van der Waals surface area (Å²) in [6.45, 7) is 0.467. The molecule has 0 bridgehead atoms. The Morgan fingerprint density at radius 2 is 1.58 bits per heavy atom. The lowest BCUT2D eigenvalue weighted by Gasteiger charge is -2.07. The van der Waals surface area contributed by atoms with Gasteiger partial charge in [0, 0.05) is 22.3 Å². The number of benzene rings is 2. The molecule has 2 N–H and O–H groups in total. The fourth-order valence-corrected chi connectivity index (χ4v) is 3.08. The van der Waals surface area contributed by atoms with Crippen molar-refractivity contribution >= 4 is 40.7 Å². The fourth-order valence-electron chi connectivity index (χ4n) is 2.55. The summed E-state index contributed by atoms with van der Waals surface area (Å²) in [5, 5.41) is 6.52. The molecule has 0 saturated heterocycles. The van der Waals surface area contributed by atoms with Gasteiger partial charge in [-0.05, 0) is 30.2 Å². The van der Waals surface area contributed by atoms with Gasteiger partial charge in [-0.15, -0.1) is 0 Å². The summed E-state index contributed by atoms with van der Waals surface area (Å²) < 4.78 is 0. The molecular weight excluding hydrogens is 347 g/mol. The maximum absolute atomic E-state index is 12.2. The Morgan fingerprint density at radius 1 is 0.958 bits per heavy atom. The molecule has 2 unspecified atom stereocenters. The number of amides is 2. The number of carbonyl (C=O) groups is 2. The lowest BCUT2D eigenvalue weighted by Crippen LogP contribution is -2.27. The molecule has 124 valence electrons. The summed E-state index contributed by atoms with van der Waals surface area (Å²) in [4.78, 5) is 24.3. The van der Waals surface area contributed by atoms with Crippen LogP contribution in [0.15, 0.2) is 48.5 Å². The number of hydrogen-bond donors (Lipinski definition) is 2. The normalized spacial score (nSPS) is 18.8. The van der Waals surface area contributed by atoms with Gasteiger partial charge < -0.3 is 10.6 Å². The van der Waals surface area contributed by atoms with Crippen molar-refractivity contribution in [2.75, 3.05) is 5.32 Å².